The lowest BCUT2D eigenvalue weighted by Crippen LogP contribution is -2.41. The topological polar surface area (TPSA) is 40.9 Å². The number of ether oxygens (including phenoxy) is 1. The molecule has 1 saturated heterocycles. The SMILES string of the molecule is COc1cc(Cl)c(C)cc1NC(=S)N(CCN1CCCCC1)Cc1ccco1. The molecule has 5 nitrogen and oxygen atoms in total. The Morgan fingerprint density at radius 1 is 1.32 bits per heavy atom. The number of furan rings is 1. The van der Waals surface area contributed by atoms with Gasteiger partial charge in [0.1, 0.15) is 11.5 Å². The van der Waals surface area contributed by atoms with Gasteiger partial charge in [0, 0.05) is 24.2 Å². The predicted octanol–water partition coefficient (Wildman–Crippen LogP) is 4.93. The van der Waals surface area contributed by atoms with Gasteiger partial charge in [-0.2, -0.15) is 0 Å². The van der Waals surface area contributed by atoms with Crippen molar-refractivity contribution in [1.29, 1.82) is 0 Å². The van der Waals surface area contributed by atoms with E-state index in [1.807, 2.05) is 31.2 Å². The van der Waals surface area contributed by atoms with Gasteiger partial charge in [0.2, 0.25) is 0 Å². The molecule has 0 atom stereocenters. The summed E-state index contributed by atoms with van der Waals surface area (Å²) in [5.74, 6) is 1.56. The number of methoxy groups -OCH3 is 1. The first-order valence-corrected chi connectivity index (χ1v) is 10.5. The average molecular weight is 422 g/mol. The summed E-state index contributed by atoms with van der Waals surface area (Å²) in [4.78, 5) is 4.65. The van der Waals surface area contributed by atoms with Crippen LogP contribution in [-0.2, 0) is 6.54 Å². The third kappa shape index (κ3) is 5.63. The summed E-state index contributed by atoms with van der Waals surface area (Å²) in [7, 11) is 1.63. The van der Waals surface area contributed by atoms with Gasteiger partial charge in [-0.1, -0.05) is 18.0 Å². The second kappa shape index (κ2) is 10.1. The fourth-order valence-corrected chi connectivity index (χ4v) is 3.83. The number of hydrogen-bond acceptors (Lipinski definition) is 4. The van der Waals surface area contributed by atoms with Crippen LogP contribution >= 0.6 is 23.8 Å². The van der Waals surface area contributed by atoms with E-state index in [1.54, 1.807) is 13.4 Å². The lowest BCUT2D eigenvalue weighted by molar-refractivity contribution is 0.207. The molecule has 0 spiro atoms. The van der Waals surface area contributed by atoms with Gasteiger partial charge in [0.15, 0.2) is 5.11 Å². The molecule has 0 bridgehead atoms. The maximum absolute atomic E-state index is 6.23. The quantitative estimate of drug-likeness (QED) is 0.639. The molecule has 0 amide bonds. The van der Waals surface area contributed by atoms with E-state index in [-0.39, 0.29) is 0 Å². The van der Waals surface area contributed by atoms with Gasteiger partial charge in [-0.3, -0.25) is 0 Å². The molecule has 3 rings (SSSR count). The molecule has 0 unspecified atom stereocenters. The summed E-state index contributed by atoms with van der Waals surface area (Å²) < 4.78 is 11.0. The summed E-state index contributed by atoms with van der Waals surface area (Å²) >= 11 is 12.0. The molecule has 0 saturated carbocycles. The van der Waals surface area contributed by atoms with Crippen LogP contribution in [0.5, 0.6) is 5.75 Å². The average Bonchev–Trinajstić information content (AvgIpc) is 3.21. The Hall–Kier alpha value is -1.76. The largest absolute Gasteiger partial charge is 0.495 e. The predicted molar refractivity (Wildman–Crippen MR) is 118 cm³/mol. The monoisotopic (exact) mass is 421 g/mol. The Morgan fingerprint density at radius 2 is 2.11 bits per heavy atom. The van der Waals surface area contributed by atoms with E-state index in [0.29, 0.717) is 22.4 Å². The molecule has 2 aromatic rings. The highest BCUT2D eigenvalue weighted by Gasteiger charge is 2.17. The van der Waals surface area contributed by atoms with Crippen molar-refractivity contribution in [2.45, 2.75) is 32.7 Å². The van der Waals surface area contributed by atoms with Crippen LogP contribution in [0.15, 0.2) is 34.9 Å². The van der Waals surface area contributed by atoms with E-state index in [0.717, 1.165) is 30.1 Å². The normalized spacial score (nSPS) is 14.7. The molecule has 7 heteroatoms. The van der Waals surface area contributed by atoms with Crippen LogP contribution in [0.4, 0.5) is 5.69 Å². The van der Waals surface area contributed by atoms with Gasteiger partial charge in [-0.25, -0.2) is 0 Å². The highest BCUT2D eigenvalue weighted by molar-refractivity contribution is 7.80. The van der Waals surface area contributed by atoms with Gasteiger partial charge in [0.25, 0.3) is 0 Å². The Balaban J connectivity index is 1.71. The molecule has 152 valence electrons. The van der Waals surface area contributed by atoms with Crippen molar-refractivity contribution >= 4 is 34.6 Å². The minimum atomic E-state index is 0.627. The van der Waals surface area contributed by atoms with E-state index >= 15 is 0 Å². The summed E-state index contributed by atoms with van der Waals surface area (Å²) in [5, 5.41) is 4.66. The molecule has 1 N–H and O–H groups in total. The minimum Gasteiger partial charge on any atom is -0.495 e. The van der Waals surface area contributed by atoms with Gasteiger partial charge in [-0.05, 0) is 68.8 Å². The Kier molecular flexibility index (Phi) is 7.59. The fraction of sp³-hybridized carbons (Fsp3) is 0.476. The van der Waals surface area contributed by atoms with E-state index in [4.69, 9.17) is 33.0 Å². The smallest absolute Gasteiger partial charge is 0.173 e. The first kappa shape index (κ1) is 21.0. The van der Waals surface area contributed by atoms with Crippen molar-refractivity contribution in [3.05, 3.63) is 46.9 Å². The fourth-order valence-electron chi connectivity index (χ4n) is 3.41. The van der Waals surface area contributed by atoms with Crippen LogP contribution in [0.25, 0.3) is 0 Å². The number of thiocarbonyl (C=S) groups is 1. The van der Waals surface area contributed by atoms with E-state index in [1.165, 1.54) is 32.4 Å². The van der Waals surface area contributed by atoms with Crippen molar-refractivity contribution in [3.63, 3.8) is 0 Å². The zero-order valence-corrected chi connectivity index (χ0v) is 18.1. The maximum atomic E-state index is 6.23. The van der Waals surface area contributed by atoms with Crippen LogP contribution in [-0.4, -0.2) is 48.2 Å². The summed E-state index contributed by atoms with van der Waals surface area (Å²) in [6, 6.07) is 7.65. The molecule has 2 heterocycles. The number of benzene rings is 1. The number of rotatable bonds is 7. The molecule has 1 aromatic heterocycles. The molecule has 1 aliphatic rings. The Labute approximate surface area is 177 Å². The van der Waals surface area contributed by atoms with Crippen LogP contribution in [0.1, 0.15) is 30.6 Å². The lowest BCUT2D eigenvalue weighted by atomic mass is 10.1. The molecule has 28 heavy (non-hydrogen) atoms. The number of hydrogen-bond donors (Lipinski definition) is 1. The second-order valence-corrected chi connectivity index (χ2v) is 7.93. The highest BCUT2D eigenvalue weighted by Crippen LogP contribution is 2.31. The van der Waals surface area contributed by atoms with Gasteiger partial charge in [-0.15, -0.1) is 0 Å². The maximum Gasteiger partial charge on any atom is 0.173 e. The number of aryl methyl sites for hydroxylation is 1. The van der Waals surface area contributed by atoms with Gasteiger partial charge < -0.3 is 24.3 Å². The van der Waals surface area contributed by atoms with Crippen LogP contribution < -0.4 is 10.1 Å². The van der Waals surface area contributed by atoms with Crippen LogP contribution in [0, 0.1) is 6.92 Å². The number of piperidine rings is 1. The Morgan fingerprint density at radius 3 is 2.79 bits per heavy atom. The highest BCUT2D eigenvalue weighted by atomic mass is 35.5. The van der Waals surface area contributed by atoms with Crippen molar-refractivity contribution in [2.75, 3.05) is 38.6 Å². The number of anilines is 1. The van der Waals surface area contributed by atoms with Crippen molar-refractivity contribution in [1.82, 2.24) is 9.80 Å². The molecule has 0 aliphatic carbocycles. The summed E-state index contributed by atoms with van der Waals surface area (Å²) in [6.45, 7) is 6.74. The first-order valence-electron chi connectivity index (χ1n) is 9.71. The van der Waals surface area contributed by atoms with Crippen molar-refractivity contribution < 1.29 is 9.15 Å². The van der Waals surface area contributed by atoms with E-state index in [9.17, 15) is 0 Å². The standard InChI is InChI=1S/C21H28ClN3O2S/c1-16-13-19(20(26-2)14-18(16)22)23-21(28)25(15-17-7-6-12-27-17)11-10-24-8-4-3-5-9-24/h6-7,12-14H,3-5,8-11,15H2,1-2H3,(H,23,28). The van der Waals surface area contributed by atoms with Crippen LogP contribution in [0.2, 0.25) is 5.02 Å². The molecular formula is C21H28ClN3O2S. The lowest BCUT2D eigenvalue weighted by Gasteiger charge is -2.31. The summed E-state index contributed by atoms with van der Waals surface area (Å²) in [6.07, 6.45) is 5.59. The number of nitrogens with one attached hydrogen (secondary N) is 1. The number of halogens is 1. The summed E-state index contributed by atoms with van der Waals surface area (Å²) in [5.41, 5.74) is 1.79. The Bertz CT molecular complexity index is 776. The molecule has 1 aliphatic heterocycles. The first-order chi connectivity index (χ1) is 13.6. The zero-order valence-electron chi connectivity index (χ0n) is 16.5. The van der Waals surface area contributed by atoms with Crippen LogP contribution in [0.3, 0.4) is 0 Å². The van der Waals surface area contributed by atoms with Gasteiger partial charge in [0.05, 0.1) is 25.6 Å². The molecule has 1 aromatic carbocycles. The van der Waals surface area contributed by atoms with Crippen molar-refractivity contribution in [3.8, 4) is 5.75 Å². The van der Waals surface area contributed by atoms with E-state index in [2.05, 4.69) is 15.1 Å². The third-order valence-electron chi connectivity index (χ3n) is 5.07. The second-order valence-electron chi connectivity index (χ2n) is 7.14. The van der Waals surface area contributed by atoms with Crippen molar-refractivity contribution in [2.24, 2.45) is 0 Å². The molecule has 1 fully saturated rings. The zero-order chi connectivity index (χ0) is 19.9. The molecular weight excluding hydrogens is 394 g/mol. The third-order valence-corrected chi connectivity index (χ3v) is 5.84. The van der Waals surface area contributed by atoms with E-state index < -0.39 is 0 Å². The number of likely N-dealkylation sites (tertiary alicyclic amines) is 1. The molecule has 0 radical (unpaired) electrons. The minimum absolute atomic E-state index is 0.627. The number of nitrogens with zero attached hydrogens (tertiary/aromatic N) is 2. The van der Waals surface area contributed by atoms with Gasteiger partial charge >= 0.3 is 0 Å².